The van der Waals surface area contributed by atoms with Crippen molar-refractivity contribution >= 4 is 29.0 Å². The first-order chi connectivity index (χ1) is 9.11. The van der Waals surface area contributed by atoms with E-state index < -0.39 is 0 Å². The molecule has 0 saturated heterocycles. The van der Waals surface area contributed by atoms with Crippen molar-refractivity contribution in [2.45, 2.75) is 23.4 Å². The Kier molecular flexibility index (Phi) is 2.87. The summed E-state index contributed by atoms with van der Waals surface area (Å²) in [5.41, 5.74) is 9.43. The Hall–Kier alpha value is -2.08. The molecule has 19 heavy (non-hydrogen) atoms. The molecule has 0 radical (unpaired) electrons. The van der Waals surface area contributed by atoms with Crippen LogP contribution in [0.4, 0.5) is 11.4 Å². The molecule has 0 spiro atoms. The molecule has 1 aromatic heterocycles. The minimum absolute atomic E-state index is 0.00290. The number of nitrogens with two attached hydrogens (primary N) is 1. The third-order valence-electron chi connectivity index (χ3n) is 2.82. The van der Waals surface area contributed by atoms with E-state index in [1.54, 1.807) is 12.4 Å². The summed E-state index contributed by atoms with van der Waals surface area (Å²) in [5, 5.41) is 3.45. The number of aromatic nitrogens is 2. The number of fused-ring (bicyclic) bond motifs is 1. The molecule has 96 valence electrons. The standard InChI is InChI=1S/C13H12N4OS/c1-7-5-15-13(16-6-7)19-11-4-10-8(2-9(11)14)3-12(18)17-10/h2,4-6H,3,14H2,1H3,(H,17,18). The lowest BCUT2D eigenvalue weighted by molar-refractivity contribution is -0.115. The highest BCUT2D eigenvalue weighted by atomic mass is 32.2. The fourth-order valence-corrected chi connectivity index (χ4v) is 2.65. The molecule has 1 aliphatic heterocycles. The first-order valence-electron chi connectivity index (χ1n) is 5.80. The van der Waals surface area contributed by atoms with Crippen LogP contribution in [0.2, 0.25) is 0 Å². The molecule has 0 saturated carbocycles. The minimum Gasteiger partial charge on any atom is -0.398 e. The molecule has 0 unspecified atom stereocenters. The summed E-state index contributed by atoms with van der Waals surface area (Å²) in [5.74, 6) is 0.00290. The third-order valence-corrected chi connectivity index (χ3v) is 3.79. The molecule has 1 amide bonds. The molecule has 0 bridgehead atoms. The number of aryl methyl sites for hydroxylation is 1. The van der Waals surface area contributed by atoms with Gasteiger partial charge in [-0.05, 0) is 41.9 Å². The van der Waals surface area contributed by atoms with Crippen LogP contribution in [0, 0.1) is 6.92 Å². The van der Waals surface area contributed by atoms with Crippen LogP contribution < -0.4 is 11.1 Å². The second-order valence-electron chi connectivity index (χ2n) is 4.42. The number of carbonyl (C=O) groups excluding carboxylic acids is 1. The lowest BCUT2D eigenvalue weighted by Crippen LogP contribution is -2.03. The van der Waals surface area contributed by atoms with Crippen LogP contribution in [-0.2, 0) is 11.2 Å². The van der Waals surface area contributed by atoms with Gasteiger partial charge < -0.3 is 11.1 Å². The van der Waals surface area contributed by atoms with Crippen molar-refractivity contribution in [1.82, 2.24) is 9.97 Å². The van der Waals surface area contributed by atoms with Gasteiger partial charge in [0.15, 0.2) is 5.16 Å². The van der Waals surface area contributed by atoms with E-state index in [0.29, 0.717) is 17.3 Å². The Morgan fingerprint density at radius 1 is 1.32 bits per heavy atom. The number of carbonyl (C=O) groups is 1. The zero-order valence-corrected chi connectivity index (χ0v) is 11.1. The highest BCUT2D eigenvalue weighted by Gasteiger charge is 2.19. The summed E-state index contributed by atoms with van der Waals surface area (Å²) < 4.78 is 0. The molecule has 2 heterocycles. The topological polar surface area (TPSA) is 80.9 Å². The average Bonchev–Trinajstić information content (AvgIpc) is 2.72. The Bertz CT molecular complexity index is 654. The molecule has 1 aliphatic rings. The van der Waals surface area contributed by atoms with Gasteiger partial charge in [-0.2, -0.15) is 0 Å². The number of anilines is 2. The summed E-state index contributed by atoms with van der Waals surface area (Å²) in [6.07, 6.45) is 3.92. The fourth-order valence-electron chi connectivity index (χ4n) is 1.89. The lowest BCUT2D eigenvalue weighted by atomic mass is 10.1. The Labute approximate surface area is 114 Å². The number of rotatable bonds is 2. The van der Waals surface area contributed by atoms with Crippen LogP contribution in [0.5, 0.6) is 0 Å². The largest absolute Gasteiger partial charge is 0.398 e. The number of hydrogen-bond donors (Lipinski definition) is 2. The number of hydrogen-bond acceptors (Lipinski definition) is 5. The van der Waals surface area contributed by atoms with E-state index in [0.717, 1.165) is 21.7 Å². The van der Waals surface area contributed by atoms with Crippen LogP contribution in [0.1, 0.15) is 11.1 Å². The summed E-state index contributed by atoms with van der Waals surface area (Å²) in [6, 6.07) is 3.72. The maximum atomic E-state index is 11.3. The van der Waals surface area contributed by atoms with Gasteiger partial charge in [0.2, 0.25) is 5.91 Å². The monoisotopic (exact) mass is 272 g/mol. The molecule has 0 aliphatic carbocycles. The number of amides is 1. The molecule has 6 heteroatoms. The predicted molar refractivity (Wildman–Crippen MR) is 74.1 cm³/mol. The normalized spacial score (nSPS) is 13.2. The van der Waals surface area contributed by atoms with Gasteiger partial charge in [0.05, 0.1) is 6.42 Å². The number of nitrogens with zero attached hydrogens (tertiary/aromatic N) is 2. The number of nitrogens with one attached hydrogen (secondary N) is 1. The molecule has 0 atom stereocenters. The average molecular weight is 272 g/mol. The van der Waals surface area contributed by atoms with Crippen LogP contribution in [0.15, 0.2) is 34.6 Å². The maximum absolute atomic E-state index is 11.3. The fraction of sp³-hybridized carbons (Fsp3) is 0.154. The van der Waals surface area contributed by atoms with Gasteiger partial charge in [-0.3, -0.25) is 4.79 Å². The number of nitrogen functional groups attached to an aromatic ring is 1. The second kappa shape index (κ2) is 4.55. The van der Waals surface area contributed by atoms with Crippen LogP contribution in [-0.4, -0.2) is 15.9 Å². The highest BCUT2D eigenvalue weighted by Crippen LogP contribution is 2.36. The first-order valence-corrected chi connectivity index (χ1v) is 6.62. The van der Waals surface area contributed by atoms with Gasteiger partial charge in [0, 0.05) is 28.7 Å². The Balaban J connectivity index is 1.91. The highest BCUT2D eigenvalue weighted by molar-refractivity contribution is 7.99. The molecule has 5 nitrogen and oxygen atoms in total. The van der Waals surface area contributed by atoms with Gasteiger partial charge in [0.1, 0.15) is 0 Å². The molecular weight excluding hydrogens is 260 g/mol. The van der Waals surface area contributed by atoms with E-state index in [1.165, 1.54) is 11.8 Å². The molecule has 2 aromatic rings. The van der Waals surface area contributed by atoms with Gasteiger partial charge in [0.25, 0.3) is 0 Å². The quantitative estimate of drug-likeness (QED) is 0.645. The van der Waals surface area contributed by atoms with Gasteiger partial charge in [-0.25, -0.2) is 9.97 Å². The maximum Gasteiger partial charge on any atom is 0.228 e. The summed E-state index contributed by atoms with van der Waals surface area (Å²) in [6.45, 7) is 1.94. The minimum atomic E-state index is 0.00290. The summed E-state index contributed by atoms with van der Waals surface area (Å²) >= 11 is 1.39. The summed E-state index contributed by atoms with van der Waals surface area (Å²) in [4.78, 5) is 20.7. The van der Waals surface area contributed by atoms with E-state index in [9.17, 15) is 4.79 Å². The zero-order valence-electron chi connectivity index (χ0n) is 10.3. The molecular formula is C13H12N4OS. The van der Waals surface area contributed by atoms with Crippen molar-refractivity contribution in [2.75, 3.05) is 11.1 Å². The van der Waals surface area contributed by atoms with Crippen LogP contribution in [0.3, 0.4) is 0 Å². The van der Waals surface area contributed by atoms with Gasteiger partial charge >= 0.3 is 0 Å². The Morgan fingerprint density at radius 3 is 2.79 bits per heavy atom. The van der Waals surface area contributed by atoms with Crippen molar-refractivity contribution in [3.05, 3.63) is 35.7 Å². The third kappa shape index (κ3) is 2.39. The van der Waals surface area contributed by atoms with Crippen molar-refractivity contribution in [1.29, 1.82) is 0 Å². The summed E-state index contributed by atoms with van der Waals surface area (Å²) in [7, 11) is 0. The second-order valence-corrected chi connectivity index (χ2v) is 5.43. The van der Waals surface area contributed by atoms with E-state index >= 15 is 0 Å². The zero-order chi connectivity index (χ0) is 13.4. The van der Waals surface area contributed by atoms with Crippen LogP contribution in [0.25, 0.3) is 0 Å². The molecule has 0 fully saturated rings. The number of benzene rings is 1. The van der Waals surface area contributed by atoms with Gasteiger partial charge in [-0.15, -0.1) is 0 Å². The molecule has 1 aromatic carbocycles. The Morgan fingerprint density at radius 2 is 2.05 bits per heavy atom. The van der Waals surface area contributed by atoms with E-state index in [1.807, 2.05) is 19.1 Å². The molecule has 3 N–H and O–H groups in total. The van der Waals surface area contributed by atoms with Crippen molar-refractivity contribution < 1.29 is 4.79 Å². The van der Waals surface area contributed by atoms with Crippen molar-refractivity contribution in [3.63, 3.8) is 0 Å². The first kappa shape index (κ1) is 12.0. The SMILES string of the molecule is Cc1cnc(Sc2cc3c(cc2N)CC(=O)N3)nc1. The van der Waals surface area contributed by atoms with Crippen LogP contribution >= 0.6 is 11.8 Å². The smallest absolute Gasteiger partial charge is 0.228 e. The van der Waals surface area contributed by atoms with Crippen molar-refractivity contribution in [2.24, 2.45) is 0 Å². The van der Waals surface area contributed by atoms with E-state index in [4.69, 9.17) is 5.73 Å². The predicted octanol–water partition coefficient (Wildman–Crippen LogP) is 2.01. The van der Waals surface area contributed by atoms with Crippen molar-refractivity contribution in [3.8, 4) is 0 Å². The van der Waals surface area contributed by atoms with E-state index in [2.05, 4.69) is 15.3 Å². The molecule has 3 rings (SSSR count). The lowest BCUT2D eigenvalue weighted by Gasteiger charge is -2.07. The van der Waals surface area contributed by atoms with Gasteiger partial charge in [-0.1, -0.05) is 0 Å². The van der Waals surface area contributed by atoms with E-state index in [-0.39, 0.29) is 5.91 Å².